The third-order valence-electron chi connectivity index (χ3n) is 6.13. The Morgan fingerprint density at radius 1 is 1.25 bits per heavy atom. The number of hydrogen-bond acceptors (Lipinski definition) is 5. The SMILES string of the molecule is Cc1c(Cn2c(=O)[nH]c3cnc(NC[C@@H]4CCNC4)nc32)cccc1-c1cccc(F)c1. The van der Waals surface area contributed by atoms with E-state index in [1.807, 2.05) is 31.2 Å². The van der Waals surface area contributed by atoms with Crippen molar-refractivity contribution in [3.05, 3.63) is 76.1 Å². The monoisotopic (exact) mass is 432 g/mol. The molecule has 8 heteroatoms. The quantitative estimate of drug-likeness (QED) is 0.435. The maximum absolute atomic E-state index is 13.7. The Morgan fingerprint density at radius 3 is 2.94 bits per heavy atom. The van der Waals surface area contributed by atoms with Crippen molar-refractivity contribution in [2.75, 3.05) is 25.0 Å². The van der Waals surface area contributed by atoms with Gasteiger partial charge in [-0.3, -0.25) is 4.57 Å². The molecule has 4 aromatic rings. The predicted molar refractivity (Wildman–Crippen MR) is 123 cm³/mol. The zero-order valence-corrected chi connectivity index (χ0v) is 17.9. The van der Waals surface area contributed by atoms with Crippen LogP contribution >= 0.6 is 0 Å². The van der Waals surface area contributed by atoms with Gasteiger partial charge in [-0.15, -0.1) is 0 Å². The lowest BCUT2D eigenvalue weighted by Gasteiger charge is -2.13. The summed E-state index contributed by atoms with van der Waals surface area (Å²) in [4.78, 5) is 24.5. The van der Waals surface area contributed by atoms with Gasteiger partial charge in [0.05, 0.1) is 12.7 Å². The van der Waals surface area contributed by atoms with Crippen molar-refractivity contribution in [2.45, 2.75) is 19.9 Å². The van der Waals surface area contributed by atoms with Gasteiger partial charge in [0.15, 0.2) is 5.65 Å². The lowest BCUT2D eigenvalue weighted by molar-refractivity contribution is 0.613. The van der Waals surface area contributed by atoms with Gasteiger partial charge in [-0.25, -0.2) is 14.2 Å². The molecule has 3 heterocycles. The van der Waals surface area contributed by atoms with Gasteiger partial charge in [0.25, 0.3) is 0 Å². The zero-order valence-electron chi connectivity index (χ0n) is 17.9. The van der Waals surface area contributed by atoms with Crippen LogP contribution in [0.2, 0.25) is 0 Å². The summed E-state index contributed by atoms with van der Waals surface area (Å²) in [7, 11) is 0. The number of anilines is 1. The number of fused-ring (bicyclic) bond motifs is 1. The van der Waals surface area contributed by atoms with Crippen molar-refractivity contribution >= 4 is 17.1 Å². The summed E-state index contributed by atoms with van der Waals surface area (Å²) in [5, 5.41) is 6.65. The van der Waals surface area contributed by atoms with Gasteiger partial charge in [-0.1, -0.05) is 30.3 Å². The number of rotatable bonds is 6. The molecule has 2 aromatic heterocycles. The van der Waals surface area contributed by atoms with Gasteiger partial charge < -0.3 is 15.6 Å². The normalized spacial score (nSPS) is 16.0. The fourth-order valence-electron chi connectivity index (χ4n) is 4.30. The maximum Gasteiger partial charge on any atom is 0.328 e. The van der Waals surface area contributed by atoms with E-state index in [2.05, 4.69) is 25.6 Å². The number of hydrogen-bond donors (Lipinski definition) is 3. The summed E-state index contributed by atoms with van der Waals surface area (Å²) in [5.41, 5.74) is 4.65. The van der Waals surface area contributed by atoms with Gasteiger partial charge in [0, 0.05) is 6.54 Å². The number of halogens is 1. The van der Waals surface area contributed by atoms with Crippen molar-refractivity contribution in [2.24, 2.45) is 5.92 Å². The van der Waals surface area contributed by atoms with Gasteiger partial charge >= 0.3 is 5.69 Å². The highest BCUT2D eigenvalue weighted by molar-refractivity contribution is 5.72. The number of nitrogens with zero attached hydrogens (tertiary/aromatic N) is 3. The topological polar surface area (TPSA) is 87.6 Å². The Morgan fingerprint density at radius 2 is 2.12 bits per heavy atom. The minimum absolute atomic E-state index is 0.234. The first-order valence-corrected chi connectivity index (χ1v) is 10.8. The van der Waals surface area contributed by atoms with E-state index in [-0.39, 0.29) is 11.5 Å². The molecule has 1 aliphatic heterocycles. The molecule has 1 fully saturated rings. The second-order valence-corrected chi connectivity index (χ2v) is 8.29. The summed E-state index contributed by atoms with van der Waals surface area (Å²) in [6.07, 6.45) is 2.77. The molecule has 0 aliphatic carbocycles. The predicted octanol–water partition coefficient (Wildman–Crippen LogP) is 3.30. The van der Waals surface area contributed by atoms with E-state index in [1.54, 1.807) is 16.8 Å². The highest BCUT2D eigenvalue weighted by Crippen LogP contribution is 2.27. The molecule has 1 atom stereocenters. The molecule has 164 valence electrons. The molecule has 7 nitrogen and oxygen atoms in total. The molecule has 0 bridgehead atoms. The van der Waals surface area contributed by atoms with E-state index >= 15 is 0 Å². The summed E-state index contributed by atoms with van der Waals surface area (Å²) in [5.74, 6) is 0.795. The van der Waals surface area contributed by atoms with Crippen molar-refractivity contribution in [1.82, 2.24) is 24.8 Å². The van der Waals surface area contributed by atoms with E-state index < -0.39 is 0 Å². The minimum atomic E-state index is -0.273. The molecule has 1 aliphatic rings. The highest BCUT2D eigenvalue weighted by atomic mass is 19.1. The molecule has 0 spiro atoms. The van der Waals surface area contributed by atoms with Crippen LogP contribution in [0.3, 0.4) is 0 Å². The maximum atomic E-state index is 13.7. The van der Waals surface area contributed by atoms with E-state index in [0.717, 1.165) is 48.3 Å². The Balaban J connectivity index is 1.46. The number of imidazole rings is 1. The number of H-pyrrole nitrogens is 1. The Bertz CT molecular complexity index is 1320. The summed E-state index contributed by atoms with van der Waals surface area (Å²) in [6, 6.07) is 12.4. The van der Waals surface area contributed by atoms with Crippen molar-refractivity contribution in [1.29, 1.82) is 0 Å². The first kappa shape index (κ1) is 20.4. The molecule has 1 saturated heterocycles. The van der Waals surface area contributed by atoms with Crippen molar-refractivity contribution in [3.8, 4) is 11.1 Å². The van der Waals surface area contributed by atoms with Crippen LogP contribution in [0, 0.1) is 18.7 Å². The minimum Gasteiger partial charge on any atom is -0.354 e. The Hall–Kier alpha value is -3.52. The molecule has 0 amide bonds. The third-order valence-corrected chi connectivity index (χ3v) is 6.13. The molecule has 0 saturated carbocycles. The van der Waals surface area contributed by atoms with Gasteiger partial charge in [-0.2, -0.15) is 4.98 Å². The van der Waals surface area contributed by atoms with Crippen LogP contribution in [0.15, 0.2) is 53.5 Å². The van der Waals surface area contributed by atoms with Crippen LogP contribution in [-0.2, 0) is 6.54 Å². The number of aromatic nitrogens is 4. The van der Waals surface area contributed by atoms with E-state index in [1.165, 1.54) is 12.1 Å². The summed E-state index contributed by atoms with van der Waals surface area (Å²) >= 11 is 0. The molecule has 5 rings (SSSR count). The van der Waals surface area contributed by atoms with E-state index in [0.29, 0.717) is 29.6 Å². The average Bonchev–Trinajstić information content (AvgIpc) is 3.41. The fraction of sp³-hybridized carbons (Fsp3) is 0.292. The molecular weight excluding hydrogens is 407 g/mol. The van der Waals surface area contributed by atoms with Gasteiger partial charge in [0.1, 0.15) is 11.3 Å². The lowest BCUT2D eigenvalue weighted by atomic mass is 9.96. The van der Waals surface area contributed by atoms with E-state index in [4.69, 9.17) is 0 Å². The molecule has 0 unspecified atom stereocenters. The smallest absolute Gasteiger partial charge is 0.328 e. The number of benzene rings is 2. The van der Waals surface area contributed by atoms with Gasteiger partial charge in [0.2, 0.25) is 5.95 Å². The number of nitrogens with one attached hydrogen (secondary N) is 3. The zero-order chi connectivity index (χ0) is 22.1. The second kappa shape index (κ2) is 8.55. The first-order chi connectivity index (χ1) is 15.6. The van der Waals surface area contributed by atoms with Crippen LogP contribution in [0.4, 0.5) is 10.3 Å². The lowest BCUT2D eigenvalue weighted by Crippen LogP contribution is -2.19. The number of aromatic amines is 1. The van der Waals surface area contributed by atoms with Crippen LogP contribution < -0.4 is 16.3 Å². The largest absolute Gasteiger partial charge is 0.354 e. The average molecular weight is 433 g/mol. The van der Waals surface area contributed by atoms with Gasteiger partial charge in [-0.05, 0) is 66.7 Å². The Labute approximate surface area is 184 Å². The molecule has 32 heavy (non-hydrogen) atoms. The molecule has 3 N–H and O–H groups in total. The van der Waals surface area contributed by atoms with Crippen molar-refractivity contribution in [3.63, 3.8) is 0 Å². The molecule has 0 radical (unpaired) electrons. The molecule has 2 aromatic carbocycles. The highest BCUT2D eigenvalue weighted by Gasteiger charge is 2.16. The van der Waals surface area contributed by atoms with Crippen LogP contribution in [0.25, 0.3) is 22.3 Å². The summed E-state index contributed by atoms with van der Waals surface area (Å²) in [6.45, 7) is 5.18. The fourth-order valence-corrected chi connectivity index (χ4v) is 4.30. The standard InChI is InChI=1S/C24H25FN6O/c1-15-18(5-3-7-20(15)17-4-2-6-19(25)10-17)14-31-22-21(29-24(31)32)13-28-23(30-22)27-12-16-8-9-26-11-16/h2-7,10,13,16,26H,8-9,11-12,14H2,1H3,(H,29,32)(H,27,28,30)/t16-/m1/s1. The second-order valence-electron chi connectivity index (χ2n) is 8.29. The van der Waals surface area contributed by atoms with Crippen molar-refractivity contribution < 1.29 is 4.39 Å². The van der Waals surface area contributed by atoms with Crippen LogP contribution in [-0.4, -0.2) is 39.2 Å². The summed E-state index contributed by atoms with van der Waals surface area (Å²) < 4.78 is 15.4. The van der Waals surface area contributed by atoms with Crippen LogP contribution in [0.1, 0.15) is 17.5 Å². The third kappa shape index (κ3) is 4.01. The van der Waals surface area contributed by atoms with Crippen LogP contribution in [0.5, 0.6) is 0 Å². The Kier molecular flexibility index (Phi) is 5.45. The van der Waals surface area contributed by atoms with E-state index in [9.17, 15) is 9.18 Å². The molecular formula is C24H25FN6O. The first-order valence-electron chi connectivity index (χ1n) is 10.8.